The maximum atomic E-state index is 2.53. The van der Waals surface area contributed by atoms with Gasteiger partial charge < -0.3 is 9.80 Å². The van der Waals surface area contributed by atoms with Crippen molar-refractivity contribution in [2.45, 2.75) is 52.1 Å². The molecular formula is C24H36N2Si. The minimum absolute atomic E-state index is 1.05. The van der Waals surface area contributed by atoms with Crippen molar-refractivity contribution in [1.82, 2.24) is 0 Å². The van der Waals surface area contributed by atoms with E-state index in [-0.39, 0.29) is 0 Å². The Labute approximate surface area is 167 Å². The van der Waals surface area contributed by atoms with E-state index in [9.17, 15) is 0 Å². The van der Waals surface area contributed by atoms with Crippen LogP contribution in [0.1, 0.15) is 40.0 Å². The Kier molecular flexibility index (Phi) is 6.64. The molecule has 0 spiro atoms. The van der Waals surface area contributed by atoms with Crippen LogP contribution >= 0.6 is 0 Å². The summed E-state index contributed by atoms with van der Waals surface area (Å²) in [5.74, 6) is 0. The van der Waals surface area contributed by atoms with Gasteiger partial charge in [-0.1, -0.05) is 53.9 Å². The molecule has 2 aromatic rings. The van der Waals surface area contributed by atoms with Crippen LogP contribution in [0, 0.1) is 0 Å². The average Bonchev–Trinajstić information content (AvgIpc) is 2.75. The number of nitrogens with zero attached hydrogens (tertiary/aromatic N) is 2. The van der Waals surface area contributed by atoms with Gasteiger partial charge in [-0.05, 0) is 57.1 Å². The molecule has 0 amide bonds. The first-order valence-corrected chi connectivity index (χ1v) is 13.2. The average molecular weight is 381 g/mol. The summed E-state index contributed by atoms with van der Waals surface area (Å²) in [4.78, 5) is 4.84. The molecule has 0 aliphatic carbocycles. The van der Waals surface area contributed by atoms with Crippen molar-refractivity contribution in [3.8, 4) is 0 Å². The Morgan fingerprint density at radius 3 is 1.85 bits per heavy atom. The van der Waals surface area contributed by atoms with Crippen LogP contribution in [0.2, 0.25) is 12.1 Å². The van der Waals surface area contributed by atoms with E-state index >= 15 is 0 Å². The first-order valence-electron chi connectivity index (χ1n) is 10.8. The SMILES string of the molecule is CCN(C)c1cccc([Si]2(c3cccc(N(CC)CC)c3)CCCCC2)c1. The lowest BCUT2D eigenvalue weighted by molar-refractivity contribution is 0.720. The Hall–Kier alpha value is -1.74. The lowest BCUT2D eigenvalue weighted by atomic mass is 10.2. The van der Waals surface area contributed by atoms with Crippen molar-refractivity contribution in [3.05, 3.63) is 48.5 Å². The molecule has 0 unspecified atom stereocenters. The van der Waals surface area contributed by atoms with E-state index in [1.54, 1.807) is 10.4 Å². The van der Waals surface area contributed by atoms with Crippen molar-refractivity contribution < 1.29 is 0 Å². The lowest BCUT2D eigenvalue weighted by Crippen LogP contribution is -2.59. The Balaban J connectivity index is 2.08. The van der Waals surface area contributed by atoms with E-state index in [1.807, 2.05) is 0 Å². The molecule has 0 saturated carbocycles. The Morgan fingerprint density at radius 1 is 0.741 bits per heavy atom. The van der Waals surface area contributed by atoms with Gasteiger partial charge in [0.25, 0.3) is 0 Å². The van der Waals surface area contributed by atoms with Gasteiger partial charge in [-0.3, -0.25) is 0 Å². The predicted molar refractivity (Wildman–Crippen MR) is 124 cm³/mol. The van der Waals surface area contributed by atoms with Crippen molar-refractivity contribution >= 4 is 29.8 Å². The van der Waals surface area contributed by atoms with Gasteiger partial charge in [0.2, 0.25) is 0 Å². The van der Waals surface area contributed by atoms with Crippen molar-refractivity contribution in [1.29, 1.82) is 0 Å². The number of hydrogen-bond acceptors (Lipinski definition) is 2. The molecule has 146 valence electrons. The van der Waals surface area contributed by atoms with Gasteiger partial charge in [-0.2, -0.15) is 0 Å². The quantitative estimate of drug-likeness (QED) is 0.640. The zero-order valence-corrected chi connectivity index (χ0v) is 18.7. The third-order valence-corrected chi connectivity index (χ3v) is 11.8. The maximum Gasteiger partial charge on any atom is 0.118 e. The first kappa shape index (κ1) is 20.0. The predicted octanol–water partition coefficient (Wildman–Crippen LogP) is 4.74. The number of rotatable bonds is 7. The van der Waals surface area contributed by atoms with Crippen LogP contribution in [-0.2, 0) is 0 Å². The summed E-state index contributed by atoms with van der Waals surface area (Å²) in [6.07, 6.45) is 4.17. The highest BCUT2D eigenvalue weighted by molar-refractivity contribution is 7.02. The number of hydrogen-bond donors (Lipinski definition) is 0. The van der Waals surface area contributed by atoms with Gasteiger partial charge in [0.05, 0.1) is 0 Å². The number of anilines is 2. The molecule has 0 aromatic heterocycles. The third-order valence-electron chi connectivity index (χ3n) is 6.55. The molecule has 1 fully saturated rings. The molecular weight excluding hydrogens is 344 g/mol. The van der Waals surface area contributed by atoms with E-state index in [0.717, 1.165) is 19.6 Å². The molecule has 2 nitrogen and oxygen atoms in total. The summed E-state index contributed by atoms with van der Waals surface area (Å²) in [6.45, 7) is 9.95. The first-order chi connectivity index (χ1) is 13.1. The van der Waals surface area contributed by atoms with Crippen molar-refractivity contribution in [2.75, 3.05) is 36.5 Å². The zero-order valence-electron chi connectivity index (χ0n) is 17.7. The largest absolute Gasteiger partial charge is 0.375 e. The molecule has 1 heterocycles. The standard InChI is InChI=1S/C24H36N2Si/c1-5-25(4)21-13-11-15-23(19-21)27(17-9-8-10-18-27)24-16-12-14-22(20-24)26(6-2)7-3/h11-16,19-20H,5-10,17-18H2,1-4H3. The molecule has 2 aromatic carbocycles. The van der Waals surface area contributed by atoms with Crippen molar-refractivity contribution in [2.24, 2.45) is 0 Å². The zero-order chi connectivity index (χ0) is 19.3. The van der Waals surface area contributed by atoms with Crippen LogP contribution in [0.4, 0.5) is 11.4 Å². The van der Waals surface area contributed by atoms with Gasteiger partial charge >= 0.3 is 0 Å². The van der Waals surface area contributed by atoms with E-state index in [1.165, 1.54) is 42.7 Å². The number of benzene rings is 2. The summed E-state index contributed by atoms with van der Waals surface area (Å²) in [7, 11) is 0.523. The smallest absolute Gasteiger partial charge is 0.118 e. The minimum atomic E-state index is -1.68. The second-order valence-corrected chi connectivity index (χ2v) is 12.2. The molecule has 1 aliphatic heterocycles. The monoisotopic (exact) mass is 380 g/mol. The van der Waals surface area contributed by atoms with E-state index in [2.05, 4.69) is 86.1 Å². The van der Waals surface area contributed by atoms with Gasteiger partial charge in [-0.15, -0.1) is 0 Å². The van der Waals surface area contributed by atoms with Crippen LogP contribution in [0.25, 0.3) is 0 Å². The van der Waals surface area contributed by atoms with E-state index < -0.39 is 8.07 Å². The molecule has 0 bridgehead atoms. The lowest BCUT2D eigenvalue weighted by Gasteiger charge is -2.37. The van der Waals surface area contributed by atoms with Gasteiger partial charge in [0, 0.05) is 38.1 Å². The Morgan fingerprint density at radius 2 is 1.30 bits per heavy atom. The molecule has 3 rings (SSSR count). The summed E-state index contributed by atoms with van der Waals surface area (Å²) in [5, 5.41) is 3.28. The second kappa shape index (κ2) is 8.96. The van der Waals surface area contributed by atoms with Gasteiger partial charge in [0.15, 0.2) is 0 Å². The summed E-state index contributed by atoms with van der Waals surface area (Å²) < 4.78 is 0. The summed E-state index contributed by atoms with van der Waals surface area (Å²) in [6, 6.07) is 21.8. The highest BCUT2D eigenvalue weighted by atomic mass is 28.3. The molecule has 1 aliphatic rings. The molecule has 0 atom stereocenters. The molecule has 1 saturated heterocycles. The highest BCUT2D eigenvalue weighted by Gasteiger charge is 2.38. The second-order valence-electron chi connectivity index (χ2n) is 7.93. The van der Waals surface area contributed by atoms with E-state index in [4.69, 9.17) is 0 Å². The summed E-state index contributed by atoms with van der Waals surface area (Å²) >= 11 is 0. The van der Waals surface area contributed by atoms with Crippen LogP contribution in [-0.4, -0.2) is 34.8 Å². The fourth-order valence-electron chi connectivity index (χ4n) is 4.71. The minimum Gasteiger partial charge on any atom is -0.375 e. The van der Waals surface area contributed by atoms with Crippen LogP contribution in [0.5, 0.6) is 0 Å². The fourth-order valence-corrected chi connectivity index (χ4v) is 9.84. The molecule has 0 radical (unpaired) electrons. The maximum absolute atomic E-state index is 2.53. The molecule has 3 heteroatoms. The Bertz CT molecular complexity index is 733. The molecule has 0 N–H and O–H groups in total. The summed E-state index contributed by atoms with van der Waals surface area (Å²) in [5.41, 5.74) is 2.77. The normalized spacial score (nSPS) is 16.1. The van der Waals surface area contributed by atoms with Crippen LogP contribution in [0.3, 0.4) is 0 Å². The van der Waals surface area contributed by atoms with Gasteiger partial charge in [-0.25, -0.2) is 0 Å². The van der Waals surface area contributed by atoms with Crippen LogP contribution < -0.4 is 20.2 Å². The van der Waals surface area contributed by atoms with E-state index in [0.29, 0.717) is 0 Å². The molecule has 27 heavy (non-hydrogen) atoms. The third kappa shape index (κ3) is 4.08. The van der Waals surface area contributed by atoms with Crippen LogP contribution in [0.15, 0.2) is 48.5 Å². The highest BCUT2D eigenvalue weighted by Crippen LogP contribution is 2.30. The van der Waals surface area contributed by atoms with Gasteiger partial charge in [0.1, 0.15) is 8.07 Å². The van der Waals surface area contributed by atoms with Crippen molar-refractivity contribution in [3.63, 3.8) is 0 Å². The topological polar surface area (TPSA) is 6.48 Å². The fraction of sp³-hybridized carbons (Fsp3) is 0.500.